The van der Waals surface area contributed by atoms with E-state index in [0.717, 1.165) is 12.1 Å². The highest BCUT2D eigenvalue weighted by Gasteiger charge is 2.23. The van der Waals surface area contributed by atoms with Gasteiger partial charge in [-0.05, 0) is 40.2 Å². The first-order chi connectivity index (χ1) is 9.91. The Kier molecular flexibility index (Phi) is 4.47. The van der Waals surface area contributed by atoms with Gasteiger partial charge in [0, 0.05) is 11.4 Å². The van der Waals surface area contributed by atoms with Crippen molar-refractivity contribution in [2.75, 3.05) is 5.32 Å². The molecule has 21 heavy (non-hydrogen) atoms. The number of nitrogens with one attached hydrogen (secondary N) is 1. The normalized spacial score (nSPS) is 10.3. The van der Waals surface area contributed by atoms with Gasteiger partial charge >= 0.3 is 0 Å². The van der Waals surface area contributed by atoms with Gasteiger partial charge < -0.3 is 5.32 Å². The van der Waals surface area contributed by atoms with Gasteiger partial charge in [-0.1, -0.05) is 12.1 Å². The number of hydrogen-bond donors (Lipinski definition) is 1. The summed E-state index contributed by atoms with van der Waals surface area (Å²) in [6.45, 7) is 1.28. The van der Waals surface area contributed by atoms with Crippen LogP contribution in [0.15, 0.2) is 40.9 Å². The Hall–Kier alpha value is -2.08. The molecule has 108 valence electrons. The lowest BCUT2D eigenvalue weighted by Gasteiger charge is -2.12. The average molecular weight is 354 g/mol. The van der Waals surface area contributed by atoms with Crippen LogP contribution in [0.2, 0.25) is 0 Å². The van der Waals surface area contributed by atoms with Gasteiger partial charge in [-0.15, -0.1) is 0 Å². The number of rotatable bonds is 3. The minimum atomic E-state index is -0.954. The lowest BCUT2D eigenvalue weighted by molar-refractivity contribution is -0.114. The van der Waals surface area contributed by atoms with Gasteiger partial charge in [0.25, 0.3) is 0 Å². The van der Waals surface area contributed by atoms with Gasteiger partial charge in [-0.25, -0.2) is 8.78 Å². The van der Waals surface area contributed by atoms with Gasteiger partial charge in [0.15, 0.2) is 0 Å². The van der Waals surface area contributed by atoms with Crippen LogP contribution in [0.4, 0.5) is 14.5 Å². The number of carbonyl (C=O) groups excluding carboxylic acids is 2. The molecule has 0 aliphatic heterocycles. The molecule has 6 heteroatoms. The van der Waals surface area contributed by atoms with Crippen LogP contribution in [0.25, 0.3) is 0 Å². The minimum absolute atomic E-state index is 0.00306. The van der Waals surface area contributed by atoms with E-state index in [9.17, 15) is 18.4 Å². The van der Waals surface area contributed by atoms with Gasteiger partial charge in [-0.2, -0.15) is 0 Å². The monoisotopic (exact) mass is 353 g/mol. The summed E-state index contributed by atoms with van der Waals surface area (Å²) >= 11 is 3.17. The van der Waals surface area contributed by atoms with Gasteiger partial charge in [0.05, 0.1) is 16.8 Å². The third kappa shape index (κ3) is 3.16. The average Bonchev–Trinajstić information content (AvgIpc) is 2.37. The SMILES string of the molecule is CC(=O)Nc1cccc(Br)c1C(=O)c1c(F)cccc1F. The van der Waals surface area contributed by atoms with Crippen LogP contribution in [0.5, 0.6) is 0 Å². The molecule has 0 unspecified atom stereocenters. The summed E-state index contributed by atoms with van der Waals surface area (Å²) in [6.07, 6.45) is 0. The Labute approximate surface area is 128 Å². The third-order valence-corrected chi connectivity index (χ3v) is 3.40. The quantitative estimate of drug-likeness (QED) is 0.850. The van der Waals surface area contributed by atoms with E-state index in [2.05, 4.69) is 21.2 Å². The Morgan fingerprint density at radius 2 is 1.57 bits per heavy atom. The largest absolute Gasteiger partial charge is 0.326 e. The molecule has 0 aromatic heterocycles. The van der Waals surface area contributed by atoms with E-state index in [4.69, 9.17) is 0 Å². The maximum atomic E-state index is 13.7. The van der Waals surface area contributed by atoms with E-state index in [-0.39, 0.29) is 11.3 Å². The highest BCUT2D eigenvalue weighted by molar-refractivity contribution is 9.10. The summed E-state index contributed by atoms with van der Waals surface area (Å²) < 4.78 is 27.8. The number of halogens is 3. The van der Waals surface area contributed by atoms with E-state index >= 15 is 0 Å². The molecular weight excluding hydrogens is 344 g/mol. The smallest absolute Gasteiger partial charge is 0.221 e. The van der Waals surface area contributed by atoms with E-state index in [1.807, 2.05) is 0 Å². The summed E-state index contributed by atoms with van der Waals surface area (Å²) in [4.78, 5) is 23.6. The predicted molar refractivity (Wildman–Crippen MR) is 78.2 cm³/mol. The number of benzene rings is 2. The van der Waals surface area contributed by atoms with Crippen molar-refractivity contribution < 1.29 is 18.4 Å². The Morgan fingerprint density at radius 3 is 2.14 bits per heavy atom. The van der Waals surface area contributed by atoms with Crippen molar-refractivity contribution in [3.63, 3.8) is 0 Å². The zero-order valence-corrected chi connectivity index (χ0v) is 12.5. The van der Waals surface area contributed by atoms with Gasteiger partial charge in [0.1, 0.15) is 11.6 Å². The second-order valence-corrected chi connectivity index (χ2v) is 5.12. The summed E-state index contributed by atoms with van der Waals surface area (Å²) in [5.74, 6) is -3.15. The fourth-order valence-corrected chi connectivity index (χ4v) is 2.43. The fraction of sp³-hybridized carbons (Fsp3) is 0.0667. The first-order valence-electron chi connectivity index (χ1n) is 5.96. The molecule has 2 rings (SSSR count). The molecule has 0 fully saturated rings. The Morgan fingerprint density at radius 1 is 1.00 bits per heavy atom. The number of anilines is 1. The van der Waals surface area contributed by atoms with E-state index in [1.54, 1.807) is 12.1 Å². The first kappa shape index (κ1) is 15.3. The van der Waals surface area contributed by atoms with Crippen LogP contribution in [0.3, 0.4) is 0 Å². The van der Waals surface area contributed by atoms with Crippen LogP contribution < -0.4 is 5.32 Å². The predicted octanol–water partition coefficient (Wildman–Crippen LogP) is 3.92. The molecular formula is C15H10BrF2NO2. The Bertz CT molecular complexity index is 711. The summed E-state index contributed by atoms with van der Waals surface area (Å²) in [6, 6.07) is 7.83. The molecule has 0 radical (unpaired) electrons. The lowest BCUT2D eigenvalue weighted by Crippen LogP contribution is -2.14. The zero-order valence-electron chi connectivity index (χ0n) is 10.9. The molecule has 2 aromatic carbocycles. The first-order valence-corrected chi connectivity index (χ1v) is 6.76. The van der Waals surface area contributed by atoms with Crippen molar-refractivity contribution in [1.82, 2.24) is 0 Å². The van der Waals surface area contributed by atoms with Crippen molar-refractivity contribution in [3.8, 4) is 0 Å². The van der Waals surface area contributed by atoms with Crippen LogP contribution in [-0.4, -0.2) is 11.7 Å². The summed E-state index contributed by atoms with van der Waals surface area (Å²) in [5.41, 5.74) is -0.475. The van der Waals surface area contributed by atoms with Gasteiger partial charge in [0.2, 0.25) is 11.7 Å². The Balaban J connectivity index is 2.61. The fourth-order valence-electron chi connectivity index (χ4n) is 1.89. The molecule has 0 spiro atoms. The maximum Gasteiger partial charge on any atom is 0.221 e. The minimum Gasteiger partial charge on any atom is -0.326 e. The van der Waals surface area contributed by atoms with Crippen LogP contribution in [0, 0.1) is 11.6 Å². The van der Waals surface area contributed by atoms with E-state index < -0.39 is 28.9 Å². The molecule has 3 nitrogen and oxygen atoms in total. The molecule has 0 aliphatic rings. The molecule has 0 bridgehead atoms. The molecule has 1 amide bonds. The van der Waals surface area contributed by atoms with Crippen molar-refractivity contribution in [2.45, 2.75) is 6.92 Å². The molecule has 1 N–H and O–H groups in total. The highest BCUT2D eigenvalue weighted by Crippen LogP contribution is 2.29. The standard InChI is InChI=1S/C15H10BrF2NO2/c1-8(20)19-12-7-2-4-9(16)13(12)15(21)14-10(17)5-3-6-11(14)18/h2-7H,1H3,(H,19,20). The van der Waals surface area contributed by atoms with Crippen molar-refractivity contribution in [1.29, 1.82) is 0 Å². The van der Waals surface area contributed by atoms with Crippen molar-refractivity contribution in [2.24, 2.45) is 0 Å². The second kappa shape index (κ2) is 6.13. The van der Waals surface area contributed by atoms with Crippen molar-refractivity contribution >= 4 is 33.3 Å². The molecule has 0 aliphatic carbocycles. The maximum absolute atomic E-state index is 13.7. The molecule has 0 heterocycles. The zero-order chi connectivity index (χ0) is 15.6. The van der Waals surface area contributed by atoms with Crippen LogP contribution >= 0.6 is 15.9 Å². The highest BCUT2D eigenvalue weighted by atomic mass is 79.9. The van der Waals surface area contributed by atoms with E-state index in [1.165, 1.54) is 19.1 Å². The van der Waals surface area contributed by atoms with Crippen molar-refractivity contribution in [3.05, 3.63) is 63.6 Å². The molecule has 0 saturated carbocycles. The number of ketones is 1. The molecule has 2 aromatic rings. The number of carbonyl (C=O) groups is 2. The van der Waals surface area contributed by atoms with Crippen LogP contribution in [0.1, 0.15) is 22.8 Å². The summed E-state index contributed by atoms with van der Waals surface area (Å²) in [5, 5.41) is 2.47. The third-order valence-electron chi connectivity index (χ3n) is 2.74. The number of amides is 1. The topological polar surface area (TPSA) is 46.2 Å². The second-order valence-electron chi connectivity index (χ2n) is 4.27. The summed E-state index contributed by atoms with van der Waals surface area (Å²) in [7, 11) is 0. The molecule has 0 atom stereocenters. The number of hydrogen-bond acceptors (Lipinski definition) is 2. The van der Waals surface area contributed by atoms with E-state index in [0.29, 0.717) is 4.47 Å². The van der Waals surface area contributed by atoms with Crippen LogP contribution in [-0.2, 0) is 4.79 Å². The van der Waals surface area contributed by atoms with Gasteiger partial charge in [-0.3, -0.25) is 9.59 Å². The molecule has 0 saturated heterocycles. The lowest BCUT2D eigenvalue weighted by atomic mass is 10.0.